The van der Waals surface area contributed by atoms with Gasteiger partial charge in [0, 0.05) is 0 Å². The van der Waals surface area contributed by atoms with Crippen molar-refractivity contribution in [3.63, 3.8) is 0 Å². The Bertz CT molecular complexity index is 42.3. The first kappa shape index (κ1) is 22.6. The Balaban J connectivity index is -0.00000000750. The van der Waals surface area contributed by atoms with Crippen molar-refractivity contribution in [3.05, 3.63) is 0 Å². The zero-order valence-electron chi connectivity index (χ0n) is 5.18. The van der Waals surface area contributed by atoms with Gasteiger partial charge in [0.05, 0.1) is 0 Å². The standard InChI is InChI=1S/CH2O3.HI.K.Na.H/c2-1(3)4;;;;/h(H2,2,3,4);1H;;;/q;;2*+1;-1/p-1. The van der Waals surface area contributed by atoms with Crippen LogP contribution in [0, 0.1) is 0 Å². The third-order valence-electron chi connectivity index (χ3n) is 0. The second kappa shape index (κ2) is 15.9. The van der Waals surface area contributed by atoms with E-state index in [0.717, 1.165) is 0 Å². The molecule has 0 aliphatic carbocycles. The van der Waals surface area contributed by atoms with Crippen LogP contribution in [-0.4, -0.2) is 16.4 Å². The number of hydrogen-bond acceptors (Lipinski definition) is 1. The van der Waals surface area contributed by atoms with E-state index in [2.05, 4.69) is 0 Å². The van der Waals surface area contributed by atoms with Crippen molar-refractivity contribution in [3.8, 4) is 0 Å². The van der Waals surface area contributed by atoms with Crippen LogP contribution in [0.3, 0.4) is 0 Å². The average Bonchev–Trinajstić information content (AvgIpc) is 0.811. The molecular weight excluding hydrogens is 249 g/mol. The Kier molecular flexibility index (Phi) is 51.2. The Morgan fingerprint density at radius 2 is 1.43 bits per heavy atom. The fourth-order valence-corrected chi connectivity index (χ4v) is 0. The minimum atomic E-state index is -1.83. The molecule has 0 aromatic carbocycles. The third kappa shape index (κ3) is 54.7. The fourth-order valence-electron chi connectivity index (χ4n) is 0. The molecule has 0 saturated carbocycles. The van der Waals surface area contributed by atoms with Crippen molar-refractivity contribution in [2.75, 3.05) is 0 Å². The molecule has 0 bridgehead atoms. The molecule has 0 spiro atoms. The van der Waals surface area contributed by atoms with Gasteiger partial charge >= 0.3 is 87.1 Å². The third-order valence-corrected chi connectivity index (χ3v) is 0. The molecule has 0 saturated heterocycles. The molecule has 0 aromatic heterocycles. The normalized spacial score (nSPS) is 3.43. The van der Waals surface area contributed by atoms with Gasteiger partial charge in [-0.15, -0.1) is 0 Å². The van der Waals surface area contributed by atoms with E-state index in [1.165, 1.54) is 0 Å². The Morgan fingerprint density at radius 3 is 1.43 bits per heavy atom. The number of carbonyl (C=O) groups is 1. The molecule has 6 heteroatoms. The van der Waals surface area contributed by atoms with E-state index in [9.17, 15) is 0 Å². The van der Waals surface area contributed by atoms with E-state index in [1.807, 2.05) is 0 Å². The summed E-state index contributed by atoms with van der Waals surface area (Å²) < 4.78 is 0. The van der Waals surface area contributed by atoms with Crippen molar-refractivity contribution < 1.29 is 121 Å². The Labute approximate surface area is 124 Å². The monoisotopic (exact) mass is 252 g/mol. The van der Waals surface area contributed by atoms with Gasteiger partial charge in [-0.2, -0.15) is 0 Å². The van der Waals surface area contributed by atoms with E-state index in [0.29, 0.717) is 0 Å². The van der Waals surface area contributed by atoms with Gasteiger partial charge in [0.1, 0.15) is 0 Å². The summed E-state index contributed by atoms with van der Waals surface area (Å²) in [5.41, 5.74) is 0. The van der Waals surface area contributed by atoms with Crippen LogP contribution in [0.15, 0.2) is 0 Å². The average molecular weight is 252 g/mol. The molecule has 3 nitrogen and oxygen atoms in total. The summed E-state index contributed by atoms with van der Waals surface area (Å²) in [6.07, 6.45) is -1.83. The second-order valence-corrected chi connectivity index (χ2v) is 0.283. The molecule has 0 heterocycles. The molecule has 0 aliphatic rings. The maximum atomic E-state index is 8.56. The van der Waals surface area contributed by atoms with E-state index in [-0.39, 0.29) is 106 Å². The molecule has 0 unspecified atom stereocenters. The van der Waals surface area contributed by atoms with Crippen LogP contribution in [0.4, 0.5) is 4.79 Å². The van der Waals surface area contributed by atoms with Crippen LogP contribution in [0.25, 0.3) is 0 Å². The van der Waals surface area contributed by atoms with Crippen LogP contribution in [0.2, 0.25) is 0 Å². The van der Waals surface area contributed by atoms with Crippen molar-refractivity contribution >= 4 is 6.16 Å². The summed E-state index contributed by atoms with van der Waals surface area (Å²) in [6.45, 7) is 0. The summed E-state index contributed by atoms with van der Waals surface area (Å²) in [5, 5.41) is 13.9. The van der Waals surface area contributed by atoms with Gasteiger partial charge in [-0.3, -0.25) is 0 Å². The van der Waals surface area contributed by atoms with Gasteiger partial charge in [0.15, 0.2) is 0 Å². The predicted octanol–water partition coefficient (Wildman–Crippen LogP) is -8.65. The van der Waals surface area contributed by atoms with E-state index >= 15 is 0 Å². The quantitative estimate of drug-likeness (QED) is 0.332. The summed E-state index contributed by atoms with van der Waals surface area (Å²) in [4.78, 5) is 8.56. The van der Waals surface area contributed by atoms with Crippen LogP contribution >= 0.6 is 0 Å². The van der Waals surface area contributed by atoms with E-state index in [1.54, 1.807) is 0 Å². The first-order valence-electron chi connectivity index (χ1n) is 0.651. The molecule has 0 aliphatic heterocycles. The molecule has 0 radical (unpaired) electrons. The van der Waals surface area contributed by atoms with E-state index < -0.39 is 6.16 Å². The number of carboxylic acid groups (broad SMARTS) is 2. The molecule has 0 rings (SSSR count). The maximum Gasteiger partial charge on any atom is 1.00 e. The first-order chi connectivity index (χ1) is 1.73. The van der Waals surface area contributed by atoms with Crippen molar-refractivity contribution in [2.45, 2.75) is 0 Å². The van der Waals surface area contributed by atoms with Gasteiger partial charge in [-0.1, -0.05) is 0 Å². The smallest absolute Gasteiger partial charge is 1.00 e. The van der Waals surface area contributed by atoms with Crippen molar-refractivity contribution in [2.24, 2.45) is 0 Å². The first-order valence-corrected chi connectivity index (χ1v) is 0.651. The maximum absolute atomic E-state index is 8.56. The van der Waals surface area contributed by atoms with Crippen LogP contribution in [0.5, 0.6) is 0 Å². The molecule has 7 heavy (non-hydrogen) atoms. The van der Waals surface area contributed by atoms with Crippen molar-refractivity contribution in [1.29, 1.82) is 0 Å². The van der Waals surface area contributed by atoms with E-state index in [4.69, 9.17) is 15.0 Å². The molecule has 0 aromatic rings. The molecule has 0 amide bonds. The van der Waals surface area contributed by atoms with Crippen LogP contribution in [-0.2, 0) is 0 Å². The van der Waals surface area contributed by atoms with Gasteiger partial charge in [-0.25, -0.2) is 4.79 Å². The topological polar surface area (TPSA) is 57.5 Å². The SMILES string of the molecule is O=C(O)O.[H-].[I-].[K+].[Na+]. The predicted molar refractivity (Wildman–Crippen MR) is 11.8 cm³/mol. The molecule has 34 valence electrons. The van der Waals surface area contributed by atoms with Crippen LogP contribution in [0.1, 0.15) is 1.43 Å². The zero-order chi connectivity index (χ0) is 3.58. The van der Waals surface area contributed by atoms with Crippen LogP contribution < -0.4 is 105 Å². The summed E-state index contributed by atoms with van der Waals surface area (Å²) in [7, 11) is 0. The second-order valence-electron chi connectivity index (χ2n) is 0.283. The Morgan fingerprint density at radius 1 is 1.43 bits per heavy atom. The zero-order valence-corrected chi connectivity index (χ0v) is 11.5. The van der Waals surface area contributed by atoms with Gasteiger partial charge in [0.2, 0.25) is 0 Å². The van der Waals surface area contributed by atoms with Gasteiger partial charge in [0.25, 0.3) is 0 Å². The number of rotatable bonds is 0. The minimum absolute atomic E-state index is 0. The summed E-state index contributed by atoms with van der Waals surface area (Å²) in [6, 6.07) is 0. The largest absolute Gasteiger partial charge is 1.00 e. The van der Waals surface area contributed by atoms with Gasteiger partial charge < -0.3 is 35.6 Å². The molecule has 2 N–H and O–H groups in total. The summed E-state index contributed by atoms with van der Waals surface area (Å²) in [5.74, 6) is 0. The number of halogens is 1. The molecular formula is CH3IKNaO3. The minimum Gasteiger partial charge on any atom is -1.00 e. The molecule has 0 fully saturated rings. The fraction of sp³-hybridized carbons (Fsp3) is 0. The number of hydrogen-bond donors (Lipinski definition) is 2. The summed E-state index contributed by atoms with van der Waals surface area (Å²) >= 11 is 0. The molecule has 0 atom stereocenters. The van der Waals surface area contributed by atoms with Gasteiger partial charge in [-0.05, 0) is 0 Å². The van der Waals surface area contributed by atoms with Crippen molar-refractivity contribution in [1.82, 2.24) is 0 Å². The Hall–Kier alpha value is 2.64.